The second-order valence-electron chi connectivity index (χ2n) is 4.89. The molecule has 0 fully saturated rings. The fourth-order valence-corrected chi connectivity index (χ4v) is 6.66. The quantitative estimate of drug-likeness (QED) is 0.605. The number of benzene rings is 1. The number of carbonyl (C=O) groups is 2. The molecule has 0 aromatic heterocycles. The molecule has 0 radical (unpaired) electrons. The van der Waals surface area contributed by atoms with E-state index in [9.17, 15) is 14.7 Å². The van der Waals surface area contributed by atoms with Crippen LogP contribution in [0.15, 0.2) is 30.3 Å². The molecule has 1 N–H and O–H groups in total. The van der Waals surface area contributed by atoms with E-state index in [-0.39, 0.29) is 12.9 Å². The van der Waals surface area contributed by atoms with Crippen molar-refractivity contribution in [3.63, 3.8) is 0 Å². The van der Waals surface area contributed by atoms with Gasteiger partial charge in [-0.1, -0.05) is 49.1 Å². The average molecular weight is 408 g/mol. The summed E-state index contributed by atoms with van der Waals surface area (Å²) < 4.78 is 3.37. The van der Waals surface area contributed by atoms with Crippen molar-refractivity contribution in [2.45, 2.75) is 26.0 Å². The summed E-state index contributed by atoms with van der Waals surface area (Å²) in [6.07, 6.45) is 3.68. The van der Waals surface area contributed by atoms with Gasteiger partial charge in [0.1, 0.15) is 12.6 Å². The van der Waals surface area contributed by atoms with Gasteiger partial charge in [0.2, 0.25) is 0 Å². The molecule has 0 aliphatic rings. The van der Waals surface area contributed by atoms with E-state index in [2.05, 4.69) is 0 Å². The minimum Gasteiger partial charge on any atom is -0.480 e. The third-order valence-electron chi connectivity index (χ3n) is 3.37. The van der Waals surface area contributed by atoms with Crippen LogP contribution < -0.4 is 0 Å². The third-order valence-corrected chi connectivity index (χ3v) is 14.9. The lowest BCUT2D eigenvalue weighted by molar-refractivity contribution is -0.142. The number of carboxylic acid groups (broad SMARTS) is 1. The Kier molecular flexibility index (Phi) is 9.19. The molecule has 0 saturated heterocycles. The minimum absolute atomic E-state index is 0.105. The SMILES string of the molecule is CCC(C(=O)O)N(CP(=S)(SC)SC)C(=O)OCc1ccccc1. The van der Waals surface area contributed by atoms with Crippen LogP contribution in [0.25, 0.3) is 0 Å². The van der Waals surface area contributed by atoms with Crippen LogP contribution >= 0.6 is 27.2 Å². The second kappa shape index (κ2) is 10.3. The van der Waals surface area contributed by atoms with E-state index in [0.717, 1.165) is 5.56 Å². The molecule has 134 valence electrons. The lowest BCUT2D eigenvalue weighted by Crippen LogP contribution is -2.45. The van der Waals surface area contributed by atoms with Gasteiger partial charge in [-0.3, -0.25) is 4.90 Å². The molecule has 1 unspecified atom stereocenters. The van der Waals surface area contributed by atoms with Crippen molar-refractivity contribution in [3.05, 3.63) is 35.9 Å². The number of ether oxygens (including phenoxy) is 1. The molecule has 1 atom stereocenters. The Balaban J connectivity index is 2.92. The fourth-order valence-electron chi connectivity index (χ4n) is 1.99. The Labute approximate surface area is 156 Å². The van der Waals surface area contributed by atoms with Gasteiger partial charge in [-0.25, -0.2) is 9.59 Å². The molecule has 1 aromatic rings. The molecule has 0 bridgehead atoms. The van der Waals surface area contributed by atoms with E-state index in [0.29, 0.717) is 6.42 Å². The van der Waals surface area contributed by atoms with Crippen LogP contribution in [0.2, 0.25) is 0 Å². The van der Waals surface area contributed by atoms with Gasteiger partial charge in [0.15, 0.2) is 0 Å². The van der Waals surface area contributed by atoms with E-state index >= 15 is 0 Å². The topological polar surface area (TPSA) is 66.8 Å². The minimum atomic E-state index is -1.97. The van der Waals surface area contributed by atoms with Gasteiger partial charge in [0.25, 0.3) is 0 Å². The largest absolute Gasteiger partial charge is 0.480 e. The summed E-state index contributed by atoms with van der Waals surface area (Å²) in [5.41, 5.74) is 0.850. The van der Waals surface area contributed by atoms with E-state index in [1.54, 1.807) is 6.92 Å². The van der Waals surface area contributed by atoms with Gasteiger partial charge in [-0.2, -0.15) is 0 Å². The summed E-state index contributed by atoms with van der Waals surface area (Å²) >= 11 is 8.66. The normalized spacial score (nSPS) is 12.5. The number of amides is 1. The summed E-state index contributed by atoms with van der Waals surface area (Å²) in [7, 11) is 0. The van der Waals surface area contributed by atoms with Crippen LogP contribution in [0.1, 0.15) is 18.9 Å². The van der Waals surface area contributed by atoms with Crippen LogP contribution in [0, 0.1) is 0 Å². The molecule has 24 heavy (non-hydrogen) atoms. The van der Waals surface area contributed by atoms with Crippen LogP contribution in [-0.2, 0) is 27.9 Å². The summed E-state index contributed by atoms with van der Waals surface area (Å²) in [6, 6.07) is 8.35. The molecule has 0 saturated carbocycles. The van der Waals surface area contributed by atoms with Gasteiger partial charge >= 0.3 is 12.1 Å². The zero-order chi connectivity index (χ0) is 18.2. The predicted molar refractivity (Wildman–Crippen MR) is 106 cm³/mol. The first-order chi connectivity index (χ1) is 11.4. The first-order valence-electron chi connectivity index (χ1n) is 7.27. The predicted octanol–water partition coefficient (Wildman–Crippen LogP) is 4.48. The zero-order valence-electron chi connectivity index (χ0n) is 13.9. The van der Waals surface area contributed by atoms with Gasteiger partial charge in [0.05, 0.1) is 10.7 Å². The van der Waals surface area contributed by atoms with Crippen LogP contribution in [-0.4, -0.2) is 46.9 Å². The number of hydrogen-bond acceptors (Lipinski definition) is 6. The number of nitrogens with zero attached hydrogens (tertiary/aromatic N) is 1. The summed E-state index contributed by atoms with van der Waals surface area (Å²) in [6.45, 7) is 1.84. The van der Waals surface area contributed by atoms with Crippen molar-refractivity contribution < 1.29 is 19.4 Å². The zero-order valence-corrected chi connectivity index (χ0v) is 17.2. The first kappa shape index (κ1) is 21.4. The molecule has 0 aliphatic heterocycles. The first-order valence-corrected chi connectivity index (χ1v) is 13.9. The maximum Gasteiger partial charge on any atom is 0.411 e. The Morgan fingerprint density at radius 2 is 1.88 bits per heavy atom. The lowest BCUT2D eigenvalue weighted by Gasteiger charge is -2.31. The summed E-state index contributed by atoms with van der Waals surface area (Å²) in [5.74, 6) is -1.04. The highest BCUT2D eigenvalue weighted by Crippen LogP contribution is 2.67. The van der Waals surface area contributed by atoms with E-state index < -0.39 is 22.5 Å². The van der Waals surface area contributed by atoms with Gasteiger partial charge in [0, 0.05) is 0 Å². The van der Waals surface area contributed by atoms with Crippen LogP contribution in [0.4, 0.5) is 4.79 Å². The highest BCUT2D eigenvalue weighted by atomic mass is 33.2. The molecule has 1 amide bonds. The van der Waals surface area contributed by atoms with Crippen molar-refractivity contribution in [3.8, 4) is 0 Å². The monoisotopic (exact) mass is 407 g/mol. The van der Waals surface area contributed by atoms with E-state index in [4.69, 9.17) is 16.5 Å². The van der Waals surface area contributed by atoms with Crippen molar-refractivity contribution in [1.82, 2.24) is 4.90 Å². The number of aliphatic carboxylic acids is 1. The Bertz CT molecular complexity index is 592. The van der Waals surface area contributed by atoms with Gasteiger partial charge in [-0.05, 0) is 24.5 Å². The van der Waals surface area contributed by atoms with Crippen molar-refractivity contribution in [2.24, 2.45) is 0 Å². The van der Waals surface area contributed by atoms with Crippen molar-refractivity contribution in [1.29, 1.82) is 0 Å². The smallest absolute Gasteiger partial charge is 0.411 e. The summed E-state index contributed by atoms with van der Waals surface area (Å²) in [4.78, 5) is 25.3. The highest BCUT2D eigenvalue weighted by molar-refractivity contribution is 9.00. The van der Waals surface area contributed by atoms with E-state index in [1.807, 2.05) is 42.8 Å². The Morgan fingerprint density at radius 1 is 1.29 bits per heavy atom. The molecule has 1 rings (SSSR count). The van der Waals surface area contributed by atoms with Crippen LogP contribution in [0.3, 0.4) is 0 Å². The second-order valence-corrected chi connectivity index (χ2v) is 17.0. The van der Waals surface area contributed by atoms with Gasteiger partial charge < -0.3 is 9.84 Å². The standard InChI is InChI=1S/C15H22NO4PS3/c1-4-13(14(17)18)16(11-21(22,23-2)24-3)15(19)20-10-12-8-6-5-7-9-12/h5-9,13H,4,10-11H2,1-3H3,(H,17,18). The fraction of sp³-hybridized carbons (Fsp3) is 0.467. The number of carboxylic acids is 1. The molecule has 9 heteroatoms. The molecule has 0 aliphatic carbocycles. The molecular formula is C15H22NO4PS3. The highest BCUT2D eigenvalue weighted by Gasteiger charge is 2.33. The number of rotatable bonds is 9. The Hall–Kier alpha value is -0.690. The maximum atomic E-state index is 12.5. The van der Waals surface area contributed by atoms with Gasteiger partial charge in [-0.15, -0.1) is 22.8 Å². The Morgan fingerprint density at radius 3 is 2.33 bits per heavy atom. The maximum absolute atomic E-state index is 12.5. The van der Waals surface area contributed by atoms with Crippen molar-refractivity contribution >= 4 is 51.1 Å². The molecule has 0 spiro atoms. The molecular weight excluding hydrogens is 385 g/mol. The van der Waals surface area contributed by atoms with Crippen molar-refractivity contribution in [2.75, 3.05) is 18.8 Å². The molecule has 0 heterocycles. The third kappa shape index (κ3) is 6.31. The number of carbonyl (C=O) groups excluding carboxylic acids is 1. The lowest BCUT2D eigenvalue weighted by atomic mass is 10.2. The summed E-state index contributed by atoms with van der Waals surface area (Å²) in [5, 5.41) is 9.44. The van der Waals surface area contributed by atoms with Crippen LogP contribution in [0.5, 0.6) is 0 Å². The van der Waals surface area contributed by atoms with E-state index in [1.165, 1.54) is 27.7 Å². The average Bonchev–Trinajstić information content (AvgIpc) is 2.59. The molecule has 1 aromatic carbocycles. The molecule has 5 nitrogen and oxygen atoms in total. The number of hydrogen-bond donors (Lipinski definition) is 1.